The Bertz CT molecular complexity index is 1110. The second-order valence-electron chi connectivity index (χ2n) is 6.58. The number of aryl methyl sites for hydroxylation is 1. The van der Waals surface area contributed by atoms with Gasteiger partial charge in [-0.2, -0.15) is 9.97 Å². The summed E-state index contributed by atoms with van der Waals surface area (Å²) in [5.41, 5.74) is 2.51. The van der Waals surface area contributed by atoms with E-state index in [2.05, 4.69) is 31.8 Å². The summed E-state index contributed by atoms with van der Waals surface area (Å²) in [6.45, 7) is 4.89. The molecule has 142 valence electrons. The molecule has 0 saturated carbocycles. The Kier molecular flexibility index (Phi) is 4.21. The minimum atomic E-state index is 0.583. The predicted molar refractivity (Wildman–Crippen MR) is 105 cm³/mol. The van der Waals surface area contributed by atoms with Gasteiger partial charge in [0, 0.05) is 42.9 Å². The third-order valence-corrected chi connectivity index (χ3v) is 4.82. The van der Waals surface area contributed by atoms with Crippen molar-refractivity contribution in [3.63, 3.8) is 0 Å². The number of aromatic amines is 2. The maximum absolute atomic E-state index is 5.47. The highest BCUT2D eigenvalue weighted by Gasteiger charge is 2.19. The lowest BCUT2D eigenvalue weighted by molar-refractivity contribution is 0.122. The number of hydrogen-bond donors (Lipinski definition) is 2. The number of morpholine rings is 1. The van der Waals surface area contributed by atoms with Gasteiger partial charge in [0.15, 0.2) is 11.6 Å². The molecule has 28 heavy (non-hydrogen) atoms. The van der Waals surface area contributed by atoms with Crippen molar-refractivity contribution < 1.29 is 4.74 Å². The van der Waals surface area contributed by atoms with Gasteiger partial charge < -0.3 is 19.6 Å². The van der Waals surface area contributed by atoms with Crippen molar-refractivity contribution in [3.8, 4) is 22.9 Å². The summed E-state index contributed by atoms with van der Waals surface area (Å²) in [6, 6.07) is 3.92. The standard InChI is InChI=1S/C19H20N8O/c1-2-15-22-11-14(23-15)18-24-17(13-4-6-21-16-12(13)3-5-20-16)25-19(26-18)27-7-9-28-10-8-27/h3-6,11H,2,7-10H2,1H3,(H,20,21)(H,22,23). The summed E-state index contributed by atoms with van der Waals surface area (Å²) >= 11 is 0. The van der Waals surface area contributed by atoms with Crippen molar-refractivity contribution in [1.29, 1.82) is 0 Å². The van der Waals surface area contributed by atoms with Gasteiger partial charge in [-0.3, -0.25) is 0 Å². The van der Waals surface area contributed by atoms with Crippen molar-refractivity contribution in [2.75, 3.05) is 31.2 Å². The number of rotatable bonds is 4. The molecular weight excluding hydrogens is 356 g/mol. The summed E-state index contributed by atoms with van der Waals surface area (Å²) in [7, 11) is 0. The minimum Gasteiger partial charge on any atom is -0.378 e. The van der Waals surface area contributed by atoms with Crippen LogP contribution in [0, 0.1) is 0 Å². The maximum atomic E-state index is 5.47. The molecule has 9 nitrogen and oxygen atoms in total. The topological polar surface area (TPSA) is 108 Å². The number of aromatic nitrogens is 7. The molecule has 4 aromatic heterocycles. The zero-order valence-corrected chi connectivity index (χ0v) is 15.5. The van der Waals surface area contributed by atoms with Crippen molar-refractivity contribution in [1.82, 2.24) is 34.9 Å². The van der Waals surface area contributed by atoms with Gasteiger partial charge in [-0.25, -0.2) is 15.0 Å². The van der Waals surface area contributed by atoms with Gasteiger partial charge >= 0.3 is 0 Å². The number of nitrogens with one attached hydrogen (secondary N) is 2. The second-order valence-corrected chi connectivity index (χ2v) is 6.58. The molecule has 0 aromatic carbocycles. The Morgan fingerprint density at radius 1 is 1.07 bits per heavy atom. The summed E-state index contributed by atoms with van der Waals surface area (Å²) in [4.78, 5) is 31.6. The summed E-state index contributed by atoms with van der Waals surface area (Å²) in [6.07, 6.45) is 6.23. The molecule has 0 spiro atoms. The highest BCUT2D eigenvalue weighted by molar-refractivity contribution is 5.91. The van der Waals surface area contributed by atoms with Gasteiger partial charge in [-0.15, -0.1) is 0 Å². The quantitative estimate of drug-likeness (QED) is 0.562. The number of fused-ring (bicyclic) bond motifs is 1. The average Bonchev–Trinajstić information content (AvgIpc) is 3.43. The number of nitrogens with zero attached hydrogens (tertiary/aromatic N) is 6. The molecule has 0 unspecified atom stereocenters. The van der Waals surface area contributed by atoms with Gasteiger partial charge in [-0.05, 0) is 12.1 Å². The van der Waals surface area contributed by atoms with E-state index in [1.807, 2.05) is 18.3 Å². The van der Waals surface area contributed by atoms with E-state index in [1.54, 1.807) is 12.4 Å². The van der Waals surface area contributed by atoms with Crippen molar-refractivity contribution in [3.05, 3.63) is 36.5 Å². The highest BCUT2D eigenvalue weighted by Crippen LogP contribution is 2.27. The summed E-state index contributed by atoms with van der Waals surface area (Å²) < 4.78 is 5.47. The van der Waals surface area contributed by atoms with Crippen molar-refractivity contribution >= 4 is 17.0 Å². The molecule has 0 aliphatic carbocycles. The van der Waals surface area contributed by atoms with E-state index in [4.69, 9.17) is 19.7 Å². The first kappa shape index (κ1) is 16.8. The Balaban J connectivity index is 1.67. The van der Waals surface area contributed by atoms with Crippen LogP contribution in [-0.2, 0) is 11.2 Å². The zero-order valence-electron chi connectivity index (χ0n) is 15.5. The van der Waals surface area contributed by atoms with Crippen LogP contribution in [0.3, 0.4) is 0 Å². The molecule has 5 heterocycles. The van der Waals surface area contributed by atoms with E-state index in [9.17, 15) is 0 Å². The van der Waals surface area contributed by atoms with Crippen LogP contribution in [0.5, 0.6) is 0 Å². The van der Waals surface area contributed by atoms with Crippen LogP contribution < -0.4 is 4.90 Å². The van der Waals surface area contributed by atoms with E-state index >= 15 is 0 Å². The predicted octanol–water partition coefficient (Wildman–Crippen LogP) is 2.20. The fourth-order valence-electron chi connectivity index (χ4n) is 3.32. The smallest absolute Gasteiger partial charge is 0.229 e. The molecule has 1 aliphatic rings. The molecule has 1 fully saturated rings. The number of imidazole rings is 1. The average molecular weight is 376 g/mol. The maximum Gasteiger partial charge on any atom is 0.229 e. The number of hydrogen-bond acceptors (Lipinski definition) is 7. The van der Waals surface area contributed by atoms with Crippen LogP contribution in [-0.4, -0.2) is 61.2 Å². The molecule has 2 N–H and O–H groups in total. The first-order chi connectivity index (χ1) is 13.8. The Labute approximate surface area is 161 Å². The molecule has 1 saturated heterocycles. The van der Waals surface area contributed by atoms with E-state index in [-0.39, 0.29) is 0 Å². The van der Waals surface area contributed by atoms with Crippen LogP contribution >= 0.6 is 0 Å². The van der Waals surface area contributed by atoms with Gasteiger partial charge in [0.2, 0.25) is 5.95 Å². The summed E-state index contributed by atoms with van der Waals surface area (Å²) in [5.74, 6) is 2.75. The van der Waals surface area contributed by atoms with Crippen molar-refractivity contribution in [2.45, 2.75) is 13.3 Å². The van der Waals surface area contributed by atoms with Crippen LogP contribution in [0.4, 0.5) is 5.95 Å². The minimum absolute atomic E-state index is 0.583. The van der Waals surface area contributed by atoms with E-state index < -0.39 is 0 Å². The van der Waals surface area contributed by atoms with E-state index in [0.717, 1.165) is 47.6 Å². The fraction of sp³-hybridized carbons (Fsp3) is 0.316. The van der Waals surface area contributed by atoms with Crippen LogP contribution in [0.15, 0.2) is 30.7 Å². The fourth-order valence-corrected chi connectivity index (χ4v) is 3.32. The number of pyridine rings is 1. The SMILES string of the molecule is CCc1ncc(-c2nc(-c3ccnc4[nH]ccc34)nc(N3CCOCC3)n2)[nH]1. The molecule has 4 aromatic rings. The van der Waals surface area contributed by atoms with E-state index in [1.165, 1.54) is 0 Å². The third-order valence-electron chi connectivity index (χ3n) is 4.82. The summed E-state index contributed by atoms with van der Waals surface area (Å²) in [5, 5.41) is 0.978. The van der Waals surface area contributed by atoms with E-state index in [0.29, 0.717) is 30.8 Å². The monoisotopic (exact) mass is 376 g/mol. The Morgan fingerprint density at radius 2 is 1.93 bits per heavy atom. The Morgan fingerprint density at radius 3 is 2.75 bits per heavy atom. The zero-order chi connectivity index (χ0) is 18.9. The largest absolute Gasteiger partial charge is 0.378 e. The lowest BCUT2D eigenvalue weighted by Crippen LogP contribution is -2.37. The first-order valence-electron chi connectivity index (χ1n) is 9.37. The molecule has 5 rings (SSSR count). The molecule has 0 atom stereocenters. The number of anilines is 1. The first-order valence-corrected chi connectivity index (χ1v) is 9.37. The van der Waals surface area contributed by atoms with Gasteiger partial charge in [0.25, 0.3) is 0 Å². The van der Waals surface area contributed by atoms with Crippen molar-refractivity contribution in [2.24, 2.45) is 0 Å². The molecule has 0 amide bonds. The van der Waals surface area contributed by atoms with Crippen LogP contribution in [0.1, 0.15) is 12.7 Å². The molecule has 1 aliphatic heterocycles. The van der Waals surface area contributed by atoms with Gasteiger partial charge in [-0.1, -0.05) is 6.92 Å². The van der Waals surface area contributed by atoms with Crippen LogP contribution in [0.25, 0.3) is 33.9 Å². The molecule has 0 radical (unpaired) electrons. The van der Waals surface area contributed by atoms with Crippen LogP contribution in [0.2, 0.25) is 0 Å². The third kappa shape index (κ3) is 2.99. The second kappa shape index (κ2) is 7.01. The molecule has 0 bridgehead atoms. The van der Waals surface area contributed by atoms with Gasteiger partial charge in [0.05, 0.1) is 19.4 Å². The lowest BCUT2D eigenvalue weighted by Gasteiger charge is -2.27. The number of ether oxygens (including phenoxy) is 1. The lowest BCUT2D eigenvalue weighted by atomic mass is 10.2. The molecular formula is C19H20N8O. The normalized spacial score (nSPS) is 14.7. The number of H-pyrrole nitrogens is 2. The Hall–Kier alpha value is -3.33. The highest BCUT2D eigenvalue weighted by atomic mass is 16.5. The molecule has 9 heteroatoms. The van der Waals surface area contributed by atoms with Gasteiger partial charge in [0.1, 0.15) is 17.2 Å².